The zero-order valence-electron chi connectivity index (χ0n) is 12.9. The quantitative estimate of drug-likeness (QED) is 0.748. The van der Waals surface area contributed by atoms with Crippen molar-refractivity contribution in [2.24, 2.45) is 0 Å². The third kappa shape index (κ3) is 2.55. The number of hydrogen-bond acceptors (Lipinski definition) is 3. The second kappa shape index (κ2) is 6.06. The number of anilines is 1. The number of carbonyl (C=O) groups excluding carboxylic acids is 2. The Morgan fingerprint density at radius 1 is 0.958 bits per heavy atom. The van der Waals surface area contributed by atoms with Crippen LogP contribution in [0.25, 0.3) is 10.4 Å². The predicted molar refractivity (Wildman–Crippen MR) is 96.8 cm³/mol. The van der Waals surface area contributed by atoms with Gasteiger partial charge in [-0.25, -0.2) is 0 Å². The molecule has 0 saturated heterocycles. The molecular weight excluding hydrogens is 318 g/mol. The molecule has 24 heavy (non-hydrogen) atoms. The monoisotopic (exact) mass is 333 g/mol. The van der Waals surface area contributed by atoms with E-state index in [1.807, 2.05) is 41.8 Å². The van der Waals surface area contributed by atoms with Gasteiger partial charge in [-0.2, -0.15) is 0 Å². The van der Waals surface area contributed by atoms with Crippen molar-refractivity contribution in [2.45, 2.75) is 12.8 Å². The average Bonchev–Trinajstić information content (AvgIpc) is 3.27. The molecule has 0 atom stereocenters. The smallest absolute Gasteiger partial charge is 0.255 e. The number of carbonyl (C=O) groups is 2. The minimum Gasteiger partial charge on any atom is -0.321 e. The first-order chi connectivity index (χ1) is 11.7. The number of nitrogens with one attached hydrogen (secondary N) is 1. The van der Waals surface area contributed by atoms with Crippen molar-refractivity contribution < 1.29 is 9.59 Å². The third-order valence-electron chi connectivity index (χ3n) is 4.26. The summed E-state index contributed by atoms with van der Waals surface area (Å²) in [6, 6.07) is 17.0. The third-order valence-corrected chi connectivity index (χ3v) is 5.17. The van der Waals surface area contributed by atoms with Crippen LogP contribution in [0.1, 0.15) is 32.7 Å². The molecule has 0 radical (unpaired) electrons. The van der Waals surface area contributed by atoms with Crippen LogP contribution in [0.3, 0.4) is 0 Å². The van der Waals surface area contributed by atoms with Gasteiger partial charge in [-0.3, -0.25) is 9.59 Å². The maximum Gasteiger partial charge on any atom is 0.255 e. The highest BCUT2D eigenvalue weighted by atomic mass is 32.1. The second-order valence-corrected chi connectivity index (χ2v) is 6.68. The van der Waals surface area contributed by atoms with E-state index >= 15 is 0 Å². The van der Waals surface area contributed by atoms with Crippen LogP contribution >= 0.6 is 11.3 Å². The largest absolute Gasteiger partial charge is 0.321 e. The minimum atomic E-state index is -0.193. The van der Waals surface area contributed by atoms with E-state index < -0.39 is 0 Å². The summed E-state index contributed by atoms with van der Waals surface area (Å²) in [6.07, 6.45) is 1.24. The summed E-state index contributed by atoms with van der Waals surface area (Å²) in [5.41, 5.74) is 4.02. The number of fused-ring (bicyclic) bond motifs is 1. The van der Waals surface area contributed by atoms with Crippen molar-refractivity contribution >= 4 is 28.7 Å². The average molecular weight is 333 g/mol. The molecule has 0 aliphatic heterocycles. The molecule has 0 fully saturated rings. The van der Waals surface area contributed by atoms with E-state index in [0.717, 1.165) is 22.4 Å². The molecule has 118 valence electrons. The highest BCUT2D eigenvalue weighted by molar-refractivity contribution is 7.13. The van der Waals surface area contributed by atoms with Crippen LogP contribution in [0.15, 0.2) is 60.0 Å². The summed E-state index contributed by atoms with van der Waals surface area (Å²) < 4.78 is 0. The first-order valence-corrected chi connectivity index (χ1v) is 8.71. The molecule has 1 amide bonds. The predicted octanol–water partition coefficient (Wildman–Crippen LogP) is 4.80. The van der Waals surface area contributed by atoms with Crippen molar-refractivity contribution in [3.8, 4) is 10.4 Å². The van der Waals surface area contributed by atoms with Gasteiger partial charge >= 0.3 is 0 Å². The number of ketones is 1. The number of benzene rings is 2. The molecule has 4 heteroatoms. The topological polar surface area (TPSA) is 46.2 Å². The van der Waals surface area contributed by atoms with Crippen molar-refractivity contribution in [2.75, 3.05) is 5.32 Å². The van der Waals surface area contributed by atoms with Crippen LogP contribution < -0.4 is 5.32 Å². The SMILES string of the molecule is O=C(Nc1ccc(-c2cccs2)c2c1C(=O)CC2)c1ccccc1. The van der Waals surface area contributed by atoms with Gasteiger partial charge in [-0.1, -0.05) is 30.3 Å². The maximum atomic E-state index is 12.4. The molecule has 0 saturated carbocycles. The molecule has 1 N–H and O–H groups in total. The summed E-state index contributed by atoms with van der Waals surface area (Å²) in [7, 11) is 0. The molecule has 2 aromatic carbocycles. The van der Waals surface area contributed by atoms with Crippen LogP contribution in [-0.4, -0.2) is 11.7 Å². The number of hydrogen-bond donors (Lipinski definition) is 1. The van der Waals surface area contributed by atoms with E-state index in [4.69, 9.17) is 0 Å². The minimum absolute atomic E-state index is 0.103. The van der Waals surface area contributed by atoms with Crippen LogP contribution in [-0.2, 0) is 6.42 Å². The molecule has 1 aliphatic carbocycles. The fourth-order valence-electron chi connectivity index (χ4n) is 3.14. The van der Waals surface area contributed by atoms with E-state index in [2.05, 4.69) is 11.4 Å². The second-order valence-electron chi connectivity index (χ2n) is 5.73. The Morgan fingerprint density at radius 2 is 1.79 bits per heavy atom. The standard InChI is InChI=1S/C20H15NO2S/c22-17-11-9-15-14(18-7-4-12-24-18)8-10-16(19(15)17)21-20(23)13-5-2-1-3-6-13/h1-8,10,12H,9,11H2,(H,21,23). The van der Waals surface area contributed by atoms with Crippen LogP contribution in [0.4, 0.5) is 5.69 Å². The van der Waals surface area contributed by atoms with E-state index in [9.17, 15) is 9.59 Å². The van der Waals surface area contributed by atoms with Gasteiger partial charge in [-0.15, -0.1) is 11.3 Å². The zero-order valence-corrected chi connectivity index (χ0v) is 13.7. The number of rotatable bonds is 3. The van der Waals surface area contributed by atoms with Crippen LogP contribution in [0.2, 0.25) is 0 Å². The zero-order chi connectivity index (χ0) is 16.5. The Labute approximate surface area is 144 Å². The van der Waals surface area contributed by atoms with E-state index in [1.165, 1.54) is 0 Å². The van der Waals surface area contributed by atoms with E-state index in [-0.39, 0.29) is 11.7 Å². The van der Waals surface area contributed by atoms with Gasteiger partial charge < -0.3 is 5.32 Å². The fraction of sp³-hybridized carbons (Fsp3) is 0.100. The number of thiophene rings is 1. The fourth-order valence-corrected chi connectivity index (χ4v) is 3.92. The van der Waals surface area contributed by atoms with Gasteiger partial charge in [0.1, 0.15) is 0 Å². The molecule has 0 bridgehead atoms. The van der Waals surface area contributed by atoms with Crippen molar-refractivity contribution in [3.63, 3.8) is 0 Å². The Bertz CT molecular complexity index is 914. The molecule has 4 rings (SSSR count). The highest BCUT2D eigenvalue weighted by Gasteiger charge is 2.27. The van der Waals surface area contributed by atoms with E-state index in [1.54, 1.807) is 23.5 Å². The van der Waals surface area contributed by atoms with Gasteiger partial charge in [0.2, 0.25) is 0 Å². The van der Waals surface area contributed by atoms with Crippen molar-refractivity contribution in [3.05, 3.63) is 76.7 Å². The Morgan fingerprint density at radius 3 is 2.54 bits per heavy atom. The first-order valence-electron chi connectivity index (χ1n) is 7.83. The lowest BCUT2D eigenvalue weighted by molar-refractivity contribution is 0.0995. The number of Topliss-reactive ketones (excluding diaryl/α,β-unsaturated/α-hetero) is 1. The molecule has 1 aliphatic rings. The van der Waals surface area contributed by atoms with Gasteiger partial charge in [0.05, 0.1) is 5.69 Å². The summed E-state index contributed by atoms with van der Waals surface area (Å²) in [5, 5.41) is 4.94. The van der Waals surface area contributed by atoms with Crippen LogP contribution in [0, 0.1) is 0 Å². The Hall–Kier alpha value is -2.72. The number of amides is 1. The van der Waals surface area contributed by atoms with Gasteiger partial charge in [-0.05, 0) is 47.2 Å². The molecule has 3 aromatic rings. The normalized spacial score (nSPS) is 12.9. The summed E-state index contributed by atoms with van der Waals surface area (Å²) in [6.45, 7) is 0. The maximum absolute atomic E-state index is 12.4. The molecule has 1 aromatic heterocycles. The lowest BCUT2D eigenvalue weighted by Gasteiger charge is -2.13. The van der Waals surface area contributed by atoms with Gasteiger partial charge in [0.25, 0.3) is 5.91 Å². The Balaban J connectivity index is 1.74. The van der Waals surface area contributed by atoms with Crippen molar-refractivity contribution in [1.29, 1.82) is 0 Å². The first kappa shape index (κ1) is 14.8. The Kier molecular flexibility index (Phi) is 3.75. The summed E-state index contributed by atoms with van der Waals surface area (Å²) in [4.78, 5) is 25.9. The summed E-state index contributed by atoms with van der Waals surface area (Å²) in [5.74, 6) is -0.0897. The molecule has 3 nitrogen and oxygen atoms in total. The van der Waals surface area contributed by atoms with Crippen LogP contribution in [0.5, 0.6) is 0 Å². The molecular formula is C20H15NO2S. The van der Waals surface area contributed by atoms with E-state index in [0.29, 0.717) is 23.2 Å². The van der Waals surface area contributed by atoms with Crippen molar-refractivity contribution in [1.82, 2.24) is 0 Å². The lowest BCUT2D eigenvalue weighted by Crippen LogP contribution is -2.14. The van der Waals surface area contributed by atoms with Gasteiger partial charge in [0.15, 0.2) is 5.78 Å². The lowest BCUT2D eigenvalue weighted by atomic mass is 10.00. The molecule has 1 heterocycles. The molecule has 0 unspecified atom stereocenters. The highest BCUT2D eigenvalue weighted by Crippen LogP contribution is 2.38. The van der Waals surface area contributed by atoms with Gasteiger partial charge in [0, 0.05) is 22.4 Å². The summed E-state index contributed by atoms with van der Waals surface area (Å²) >= 11 is 1.66. The molecule has 0 spiro atoms.